The van der Waals surface area contributed by atoms with Crippen molar-refractivity contribution in [2.75, 3.05) is 26.7 Å². The zero-order valence-corrected chi connectivity index (χ0v) is 13.1. The number of halogens is 1. The highest BCUT2D eigenvalue weighted by Gasteiger charge is 2.20. The summed E-state index contributed by atoms with van der Waals surface area (Å²) < 4.78 is 5.39. The van der Waals surface area contributed by atoms with E-state index >= 15 is 0 Å². The van der Waals surface area contributed by atoms with Gasteiger partial charge in [0.05, 0.1) is 7.11 Å². The molecule has 0 amide bonds. The summed E-state index contributed by atoms with van der Waals surface area (Å²) in [6.45, 7) is 9.95. The largest absolute Gasteiger partial charge is 0.496 e. The van der Waals surface area contributed by atoms with Crippen molar-refractivity contribution in [1.29, 1.82) is 0 Å². The van der Waals surface area contributed by atoms with E-state index in [0.29, 0.717) is 6.54 Å². The number of nitrogens with zero attached hydrogens (tertiary/aromatic N) is 1. The molecule has 0 heterocycles. The van der Waals surface area contributed by atoms with Crippen LogP contribution in [0, 0.1) is 5.41 Å². The van der Waals surface area contributed by atoms with Crippen LogP contribution in [-0.4, -0.2) is 31.6 Å². The van der Waals surface area contributed by atoms with Gasteiger partial charge < -0.3 is 10.5 Å². The average Bonchev–Trinajstić information content (AvgIpc) is 2.38. The van der Waals surface area contributed by atoms with Crippen molar-refractivity contribution < 1.29 is 4.74 Å². The summed E-state index contributed by atoms with van der Waals surface area (Å²) in [6, 6.07) is 5.74. The van der Waals surface area contributed by atoms with Crippen LogP contribution in [0.25, 0.3) is 0 Å². The molecule has 0 fully saturated rings. The third kappa shape index (κ3) is 5.01. The van der Waals surface area contributed by atoms with Gasteiger partial charge in [-0.25, -0.2) is 0 Å². The van der Waals surface area contributed by atoms with Gasteiger partial charge in [-0.05, 0) is 36.7 Å². The lowest BCUT2D eigenvalue weighted by Gasteiger charge is -2.31. The van der Waals surface area contributed by atoms with Crippen LogP contribution < -0.4 is 10.5 Å². The predicted octanol–water partition coefficient (Wildman–Crippen LogP) is 3.16. The van der Waals surface area contributed by atoms with Gasteiger partial charge in [0, 0.05) is 23.7 Å². The smallest absolute Gasteiger partial charge is 0.123 e. The summed E-state index contributed by atoms with van der Waals surface area (Å²) in [4.78, 5) is 2.36. The average molecular weight is 285 g/mol. The molecule has 1 aromatic rings. The normalized spacial score (nSPS) is 11.9. The summed E-state index contributed by atoms with van der Waals surface area (Å²) >= 11 is 6.07. The summed E-state index contributed by atoms with van der Waals surface area (Å²) in [5.41, 5.74) is 7.04. The second kappa shape index (κ2) is 7.13. The Kier molecular flexibility index (Phi) is 6.11. The number of ether oxygens (including phenoxy) is 1. The quantitative estimate of drug-likeness (QED) is 0.836. The number of benzene rings is 1. The van der Waals surface area contributed by atoms with Gasteiger partial charge in [-0.15, -0.1) is 0 Å². The lowest BCUT2D eigenvalue weighted by atomic mass is 9.93. The Labute approximate surface area is 121 Å². The third-order valence-corrected chi connectivity index (χ3v) is 3.52. The third-order valence-electron chi connectivity index (χ3n) is 3.29. The van der Waals surface area contributed by atoms with Crippen LogP contribution >= 0.6 is 11.6 Å². The lowest BCUT2D eigenvalue weighted by Crippen LogP contribution is -2.38. The minimum Gasteiger partial charge on any atom is -0.496 e. The van der Waals surface area contributed by atoms with E-state index in [1.54, 1.807) is 7.11 Å². The predicted molar refractivity (Wildman–Crippen MR) is 81.8 cm³/mol. The minimum absolute atomic E-state index is 0.113. The number of methoxy groups -OCH3 is 1. The minimum atomic E-state index is 0.113. The molecule has 1 aromatic carbocycles. The maximum absolute atomic E-state index is 6.07. The van der Waals surface area contributed by atoms with Gasteiger partial charge >= 0.3 is 0 Å². The molecule has 0 aliphatic rings. The van der Waals surface area contributed by atoms with Crippen LogP contribution in [-0.2, 0) is 6.54 Å². The van der Waals surface area contributed by atoms with E-state index in [4.69, 9.17) is 22.1 Å². The molecule has 0 bridgehead atoms. The molecule has 108 valence electrons. The van der Waals surface area contributed by atoms with Crippen LogP contribution in [0.5, 0.6) is 5.75 Å². The molecule has 2 N–H and O–H groups in total. The maximum Gasteiger partial charge on any atom is 0.123 e. The van der Waals surface area contributed by atoms with Gasteiger partial charge in [-0.2, -0.15) is 0 Å². The first-order valence-electron chi connectivity index (χ1n) is 6.66. The maximum atomic E-state index is 6.07. The van der Waals surface area contributed by atoms with Gasteiger partial charge in [0.25, 0.3) is 0 Å². The van der Waals surface area contributed by atoms with Crippen LogP contribution in [0.3, 0.4) is 0 Å². The molecule has 4 heteroatoms. The highest BCUT2D eigenvalue weighted by atomic mass is 35.5. The van der Waals surface area contributed by atoms with Gasteiger partial charge in [0.1, 0.15) is 5.75 Å². The number of rotatable bonds is 7. The van der Waals surface area contributed by atoms with Crippen molar-refractivity contribution in [2.45, 2.75) is 27.3 Å². The fourth-order valence-electron chi connectivity index (χ4n) is 2.06. The molecular weight excluding hydrogens is 260 g/mol. The molecule has 0 radical (unpaired) electrons. The van der Waals surface area contributed by atoms with Crippen molar-refractivity contribution in [3.8, 4) is 5.75 Å². The van der Waals surface area contributed by atoms with Crippen LogP contribution in [0.2, 0.25) is 5.02 Å². The zero-order valence-electron chi connectivity index (χ0n) is 12.4. The number of hydrogen-bond acceptors (Lipinski definition) is 3. The Bertz CT molecular complexity index is 407. The van der Waals surface area contributed by atoms with Crippen LogP contribution in [0.4, 0.5) is 0 Å². The first kappa shape index (κ1) is 16.3. The van der Waals surface area contributed by atoms with Gasteiger partial charge in [-0.1, -0.05) is 32.4 Å². The molecule has 0 aliphatic carbocycles. The first-order valence-corrected chi connectivity index (χ1v) is 7.04. The van der Waals surface area contributed by atoms with E-state index in [-0.39, 0.29) is 5.41 Å². The van der Waals surface area contributed by atoms with E-state index in [1.807, 2.05) is 18.2 Å². The van der Waals surface area contributed by atoms with Crippen LogP contribution in [0.15, 0.2) is 18.2 Å². The fraction of sp³-hybridized carbons (Fsp3) is 0.600. The molecule has 0 unspecified atom stereocenters. The Morgan fingerprint density at radius 3 is 2.58 bits per heavy atom. The summed E-state index contributed by atoms with van der Waals surface area (Å²) in [5, 5.41) is 0.741. The van der Waals surface area contributed by atoms with E-state index in [2.05, 4.69) is 25.7 Å². The van der Waals surface area contributed by atoms with Crippen molar-refractivity contribution >= 4 is 11.6 Å². The van der Waals surface area contributed by atoms with E-state index in [1.165, 1.54) is 0 Å². The highest BCUT2D eigenvalue weighted by Crippen LogP contribution is 2.25. The Morgan fingerprint density at radius 1 is 1.37 bits per heavy atom. The SMILES string of the molecule is CCN(Cc1cc(Cl)ccc1OC)CC(C)(C)CN. The van der Waals surface area contributed by atoms with Gasteiger partial charge in [0.2, 0.25) is 0 Å². The highest BCUT2D eigenvalue weighted by molar-refractivity contribution is 6.30. The van der Waals surface area contributed by atoms with E-state index < -0.39 is 0 Å². The van der Waals surface area contributed by atoms with E-state index in [0.717, 1.165) is 36.0 Å². The van der Waals surface area contributed by atoms with Crippen molar-refractivity contribution in [1.82, 2.24) is 4.90 Å². The summed E-state index contributed by atoms with van der Waals surface area (Å²) in [7, 11) is 1.69. The second-order valence-corrected chi connectivity index (χ2v) is 6.06. The van der Waals surface area contributed by atoms with Crippen molar-refractivity contribution in [3.63, 3.8) is 0 Å². The standard InChI is InChI=1S/C15H25ClN2O/c1-5-18(11-15(2,3)10-17)9-12-8-13(16)6-7-14(12)19-4/h6-8H,5,9-11,17H2,1-4H3. The van der Waals surface area contributed by atoms with E-state index in [9.17, 15) is 0 Å². The van der Waals surface area contributed by atoms with Gasteiger partial charge in [-0.3, -0.25) is 4.90 Å². The molecule has 0 spiro atoms. The molecule has 0 saturated heterocycles. The topological polar surface area (TPSA) is 38.5 Å². The lowest BCUT2D eigenvalue weighted by molar-refractivity contribution is 0.182. The van der Waals surface area contributed by atoms with Crippen LogP contribution in [0.1, 0.15) is 26.3 Å². The second-order valence-electron chi connectivity index (χ2n) is 5.63. The number of nitrogens with two attached hydrogens (primary N) is 1. The fourth-order valence-corrected chi connectivity index (χ4v) is 2.26. The Balaban J connectivity index is 2.83. The summed E-state index contributed by atoms with van der Waals surface area (Å²) in [5.74, 6) is 0.883. The first-order chi connectivity index (χ1) is 8.91. The Morgan fingerprint density at radius 2 is 2.05 bits per heavy atom. The summed E-state index contributed by atoms with van der Waals surface area (Å²) in [6.07, 6.45) is 0. The Hall–Kier alpha value is -0.770. The van der Waals surface area contributed by atoms with Crippen molar-refractivity contribution in [3.05, 3.63) is 28.8 Å². The molecule has 1 rings (SSSR count). The molecule has 3 nitrogen and oxygen atoms in total. The molecular formula is C15H25ClN2O. The molecule has 19 heavy (non-hydrogen) atoms. The van der Waals surface area contributed by atoms with Gasteiger partial charge in [0.15, 0.2) is 0 Å². The monoisotopic (exact) mass is 284 g/mol. The molecule has 0 aromatic heterocycles. The zero-order chi connectivity index (χ0) is 14.5. The van der Waals surface area contributed by atoms with Crippen molar-refractivity contribution in [2.24, 2.45) is 11.1 Å². The number of hydrogen-bond donors (Lipinski definition) is 1. The molecule has 0 aliphatic heterocycles. The molecule has 0 atom stereocenters. The molecule has 0 saturated carbocycles.